The van der Waals surface area contributed by atoms with E-state index in [0.717, 1.165) is 12.8 Å². The fourth-order valence-corrected chi connectivity index (χ4v) is 4.79. The molecule has 5 nitrogen and oxygen atoms in total. The minimum atomic E-state index is -1.73. The van der Waals surface area contributed by atoms with Crippen LogP contribution in [0.1, 0.15) is 46.5 Å². The van der Waals surface area contributed by atoms with Gasteiger partial charge in [0.1, 0.15) is 0 Å². The normalized spacial score (nSPS) is 49.7. The number of carbonyl (C=O) groups excluding carboxylic acids is 1. The Morgan fingerprint density at radius 2 is 2.05 bits per heavy atom. The number of carbonyl (C=O) groups is 1. The molecule has 118 valence electrons. The molecule has 0 aromatic rings. The molecule has 0 amide bonds. The monoisotopic (exact) mass is 296 g/mol. The predicted molar refractivity (Wildman–Crippen MR) is 75.2 cm³/mol. The number of hydrogen-bond donors (Lipinski definition) is 2. The molecule has 2 aliphatic carbocycles. The molecule has 21 heavy (non-hydrogen) atoms. The van der Waals surface area contributed by atoms with Gasteiger partial charge in [0.25, 0.3) is 0 Å². The summed E-state index contributed by atoms with van der Waals surface area (Å²) in [5, 5.41) is 22.1. The summed E-state index contributed by atoms with van der Waals surface area (Å²) in [6.07, 6.45) is 1.98. The molecular weight excluding hydrogens is 272 g/mol. The molecule has 0 bridgehead atoms. The average Bonchev–Trinajstić information content (AvgIpc) is 2.60. The molecule has 1 heterocycles. The van der Waals surface area contributed by atoms with Crippen LogP contribution < -0.4 is 0 Å². The molecule has 0 aromatic carbocycles. The van der Waals surface area contributed by atoms with Crippen LogP contribution in [0.2, 0.25) is 0 Å². The Kier molecular flexibility index (Phi) is 3.08. The van der Waals surface area contributed by atoms with Gasteiger partial charge in [-0.05, 0) is 25.7 Å². The summed E-state index contributed by atoms with van der Waals surface area (Å²) in [5.41, 5.74) is -0.744. The third kappa shape index (κ3) is 1.65. The Hall–Kier alpha value is -0.910. The van der Waals surface area contributed by atoms with Crippen molar-refractivity contribution < 1.29 is 24.5 Å². The highest BCUT2D eigenvalue weighted by molar-refractivity contribution is 5.92. The SMILES string of the molecule is CO[C@@H]1C2=C(C)C(=O)O[C@@]2(O)C[C@@]2(O)CCC[C@H](C)[C@@]12C. The van der Waals surface area contributed by atoms with Gasteiger partial charge in [0.05, 0.1) is 11.7 Å². The van der Waals surface area contributed by atoms with Crippen molar-refractivity contribution in [3.05, 3.63) is 11.1 Å². The molecule has 2 N–H and O–H groups in total. The summed E-state index contributed by atoms with van der Waals surface area (Å²) in [6.45, 7) is 5.77. The molecule has 0 radical (unpaired) electrons. The van der Waals surface area contributed by atoms with E-state index in [1.54, 1.807) is 14.0 Å². The Balaban J connectivity index is 2.20. The van der Waals surface area contributed by atoms with Crippen LogP contribution in [0.3, 0.4) is 0 Å². The first-order chi connectivity index (χ1) is 9.69. The van der Waals surface area contributed by atoms with Gasteiger partial charge in [0.2, 0.25) is 5.79 Å². The number of methoxy groups -OCH3 is 1. The van der Waals surface area contributed by atoms with Crippen LogP contribution in [0.4, 0.5) is 0 Å². The van der Waals surface area contributed by atoms with Crippen LogP contribution in [0, 0.1) is 11.3 Å². The van der Waals surface area contributed by atoms with Crippen molar-refractivity contribution in [2.75, 3.05) is 7.11 Å². The van der Waals surface area contributed by atoms with E-state index in [2.05, 4.69) is 6.92 Å². The zero-order valence-electron chi connectivity index (χ0n) is 13.1. The molecule has 3 aliphatic rings. The van der Waals surface area contributed by atoms with Crippen LogP contribution in [-0.4, -0.2) is 40.8 Å². The quantitative estimate of drug-likeness (QED) is 0.718. The summed E-state index contributed by atoms with van der Waals surface area (Å²) >= 11 is 0. The Bertz CT molecular complexity index is 527. The topological polar surface area (TPSA) is 76.0 Å². The summed E-state index contributed by atoms with van der Waals surface area (Å²) < 4.78 is 10.9. The number of aliphatic hydroxyl groups is 2. The first-order valence-electron chi connectivity index (χ1n) is 7.62. The van der Waals surface area contributed by atoms with E-state index in [9.17, 15) is 15.0 Å². The fraction of sp³-hybridized carbons (Fsp3) is 0.812. The number of ether oxygens (including phenoxy) is 2. The summed E-state index contributed by atoms with van der Waals surface area (Å²) in [7, 11) is 1.56. The average molecular weight is 296 g/mol. The van der Waals surface area contributed by atoms with Gasteiger partial charge in [-0.15, -0.1) is 0 Å². The van der Waals surface area contributed by atoms with E-state index >= 15 is 0 Å². The second-order valence-corrected chi connectivity index (χ2v) is 7.11. The Morgan fingerprint density at radius 1 is 1.38 bits per heavy atom. The molecule has 5 heteroatoms. The highest BCUT2D eigenvalue weighted by Crippen LogP contribution is 2.62. The third-order valence-electron chi connectivity index (χ3n) is 6.22. The van der Waals surface area contributed by atoms with E-state index in [4.69, 9.17) is 9.47 Å². The second-order valence-electron chi connectivity index (χ2n) is 7.11. The maximum Gasteiger partial charge on any atom is 0.336 e. The van der Waals surface area contributed by atoms with Crippen LogP contribution in [0.25, 0.3) is 0 Å². The highest BCUT2D eigenvalue weighted by Gasteiger charge is 2.69. The lowest BCUT2D eigenvalue weighted by Gasteiger charge is -2.61. The van der Waals surface area contributed by atoms with Crippen LogP contribution in [-0.2, 0) is 14.3 Å². The molecule has 1 aliphatic heterocycles. The molecule has 2 fully saturated rings. The zero-order valence-corrected chi connectivity index (χ0v) is 13.1. The largest absolute Gasteiger partial charge is 0.426 e. The lowest BCUT2D eigenvalue weighted by atomic mass is 9.49. The zero-order chi connectivity index (χ0) is 15.6. The van der Waals surface area contributed by atoms with Gasteiger partial charge in [-0.3, -0.25) is 0 Å². The van der Waals surface area contributed by atoms with Gasteiger partial charge in [0, 0.05) is 30.1 Å². The van der Waals surface area contributed by atoms with Crippen LogP contribution in [0.15, 0.2) is 11.1 Å². The minimum Gasteiger partial charge on any atom is -0.426 e. The molecule has 0 aromatic heterocycles. The van der Waals surface area contributed by atoms with Crippen molar-refractivity contribution in [2.45, 2.75) is 63.9 Å². The highest BCUT2D eigenvalue weighted by atomic mass is 16.7. The first-order valence-corrected chi connectivity index (χ1v) is 7.62. The minimum absolute atomic E-state index is 0.0269. The van der Waals surface area contributed by atoms with Crippen LogP contribution in [0.5, 0.6) is 0 Å². The maximum absolute atomic E-state index is 11.9. The van der Waals surface area contributed by atoms with Gasteiger partial charge in [-0.1, -0.05) is 20.3 Å². The first kappa shape index (κ1) is 15.0. The molecule has 3 rings (SSSR count). The molecule has 2 saturated carbocycles. The number of hydrogen-bond acceptors (Lipinski definition) is 5. The van der Waals surface area contributed by atoms with Crippen molar-refractivity contribution in [1.29, 1.82) is 0 Å². The third-order valence-corrected chi connectivity index (χ3v) is 6.22. The van der Waals surface area contributed by atoms with E-state index < -0.39 is 28.9 Å². The molecule has 0 unspecified atom stereocenters. The smallest absolute Gasteiger partial charge is 0.336 e. The summed E-state index contributed by atoms with van der Waals surface area (Å²) in [5.74, 6) is -2.03. The van der Waals surface area contributed by atoms with Gasteiger partial charge < -0.3 is 19.7 Å². The van der Waals surface area contributed by atoms with Crippen molar-refractivity contribution in [1.82, 2.24) is 0 Å². The van der Waals surface area contributed by atoms with Gasteiger partial charge >= 0.3 is 5.97 Å². The van der Waals surface area contributed by atoms with Crippen molar-refractivity contribution in [2.24, 2.45) is 11.3 Å². The molecular formula is C16H24O5. The van der Waals surface area contributed by atoms with Crippen molar-refractivity contribution in [3.63, 3.8) is 0 Å². The predicted octanol–water partition coefficient (Wildman–Crippen LogP) is 1.52. The van der Waals surface area contributed by atoms with Gasteiger partial charge in [0.15, 0.2) is 0 Å². The Labute approximate surface area is 124 Å². The Morgan fingerprint density at radius 3 is 2.67 bits per heavy atom. The summed E-state index contributed by atoms with van der Waals surface area (Å²) in [6, 6.07) is 0. The molecule has 5 atom stereocenters. The van der Waals surface area contributed by atoms with E-state index in [1.165, 1.54) is 0 Å². The van der Waals surface area contributed by atoms with Gasteiger partial charge in [-0.2, -0.15) is 0 Å². The van der Waals surface area contributed by atoms with E-state index in [1.807, 2.05) is 6.92 Å². The lowest BCUT2D eigenvalue weighted by molar-refractivity contribution is -0.275. The lowest BCUT2D eigenvalue weighted by Crippen LogP contribution is -2.68. The number of fused-ring (bicyclic) bond motifs is 2. The summed E-state index contributed by atoms with van der Waals surface area (Å²) in [4.78, 5) is 11.9. The van der Waals surface area contributed by atoms with E-state index in [-0.39, 0.29) is 12.3 Å². The van der Waals surface area contributed by atoms with Gasteiger partial charge in [-0.25, -0.2) is 4.79 Å². The van der Waals surface area contributed by atoms with Crippen LogP contribution >= 0.6 is 0 Å². The molecule has 0 spiro atoms. The molecule has 0 saturated heterocycles. The standard InChI is InChI=1S/C16H24O5/c1-9-6-5-7-15(18)8-16(19)11(10(2)13(17)21-16)12(20-4)14(9,15)3/h9,12,18-19H,5-8H2,1-4H3/t9-,12+,14-,15-,16-/m0/s1. The maximum atomic E-state index is 11.9. The number of rotatable bonds is 1. The van der Waals surface area contributed by atoms with Crippen molar-refractivity contribution >= 4 is 5.97 Å². The number of esters is 1. The van der Waals surface area contributed by atoms with Crippen molar-refractivity contribution in [3.8, 4) is 0 Å². The van der Waals surface area contributed by atoms with E-state index in [0.29, 0.717) is 17.6 Å². The second kappa shape index (κ2) is 4.31. The fourth-order valence-electron chi connectivity index (χ4n) is 4.79.